The topological polar surface area (TPSA) is 68.8 Å². The number of aromatic hydroxyl groups is 1. The quantitative estimate of drug-likeness (QED) is 0.668. The van der Waals surface area contributed by atoms with Gasteiger partial charge in [-0.2, -0.15) is 0 Å². The zero-order chi connectivity index (χ0) is 16.4. The summed E-state index contributed by atoms with van der Waals surface area (Å²) in [4.78, 5) is 13.7. The van der Waals surface area contributed by atoms with Gasteiger partial charge in [0.1, 0.15) is 5.75 Å². The number of thiocarbonyl (C=S) groups is 1. The van der Waals surface area contributed by atoms with E-state index in [1.807, 2.05) is 31.2 Å². The lowest BCUT2D eigenvalue weighted by molar-refractivity contribution is -0.115. The Kier molecular flexibility index (Phi) is 5.65. The number of aryl methyl sites for hydroxylation is 1. The van der Waals surface area contributed by atoms with Crippen LogP contribution >= 0.6 is 12.2 Å². The molecule has 3 nitrogen and oxygen atoms in total. The molecule has 0 heterocycles. The van der Waals surface area contributed by atoms with Crippen molar-refractivity contribution in [3.05, 3.63) is 70.8 Å². The molecule has 0 amide bonds. The maximum absolute atomic E-state index is 12.9. The van der Waals surface area contributed by atoms with Crippen LogP contribution in [0.5, 0.6) is 5.75 Å². The Balaban J connectivity index is 0.00000208. The van der Waals surface area contributed by atoms with Gasteiger partial charge in [-0.1, -0.05) is 54.2 Å². The third-order valence-corrected chi connectivity index (χ3v) is 4.59. The van der Waals surface area contributed by atoms with Gasteiger partial charge in [0.25, 0.3) is 0 Å². The van der Waals surface area contributed by atoms with Crippen molar-refractivity contribution in [3.63, 3.8) is 0 Å². The third-order valence-electron chi connectivity index (χ3n) is 4.15. The summed E-state index contributed by atoms with van der Waals surface area (Å²) in [6.07, 6.45) is 3.41. The second-order valence-corrected chi connectivity index (χ2v) is 6.46. The van der Waals surface area contributed by atoms with Crippen molar-refractivity contribution in [2.75, 3.05) is 0 Å². The minimum absolute atomic E-state index is 0. The van der Waals surface area contributed by atoms with Gasteiger partial charge in [-0.05, 0) is 54.7 Å². The van der Waals surface area contributed by atoms with E-state index in [0.717, 1.165) is 28.0 Å². The van der Waals surface area contributed by atoms with Crippen LogP contribution in [0, 0.1) is 6.92 Å². The molecule has 0 spiro atoms. The van der Waals surface area contributed by atoms with E-state index in [-0.39, 0.29) is 22.9 Å². The van der Waals surface area contributed by atoms with Crippen LogP contribution in [0.2, 0.25) is 0 Å². The molecule has 1 saturated carbocycles. The molecular formula is C20H20O3S. The first-order chi connectivity index (χ1) is 11.0. The largest absolute Gasteiger partial charge is 0.508 e. The number of phenolic OH excluding ortho intramolecular Hbond substituents is 1. The molecule has 0 bridgehead atoms. The summed E-state index contributed by atoms with van der Waals surface area (Å²) in [5.41, 5.74) is 3.90. The van der Waals surface area contributed by atoms with Crippen LogP contribution < -0.4 is 0 Å². The summed E-state index contributed by atoms with van der Waals surface area (Å²) in [6.45, 7) is 2.04. The van der Waals surface area contributed by atoms with Crippen molar-refractivity contribution in [1.29, 1.82) is 0 Å². The van der Waals surface area contributed by atoms with Crippen molar-refractivity contribution in [3.8, 4) is 5.75 Å². The van der Waals surface area contributed by atoms with Crippen molar-refractivity contribution >= 4 is 28.9 Å². The first kappa shape index (κ1) is 18.0. The Labute approximate surface area is 147 Å². The molecule has 1 aliphatic rings. The molecule has 1 aliphatic carbocycles. The molecule has 3 rings (SSSR count). The molecule has 4 heteroatoms. The number of allylic oxidation sites excluding steroid dienone is 1. The highest BCUT2D eigenvalue weighted by molar-refractivity contribution is 7.80. The summed E-state index contributed by atoms with van der Waals surface area (Å²) in [7, 11) is 0. The van der Waals surface area contributed by atoms with Crippen LogP contribution in [0.1, 0.15) is 35.4 Å². The summed E-state index contributed by atoms with van der Waals surface area (Å²) in [5.74, 6) is -0.109. The number of hydrogen-bond acceptors (Lipinski definition) is 3. The first-order valence-electron chi connectivity index (χ1n) is 7.68. The Bertz CT molecular complexity index is 791. The molecule has 2 aromatic carbocycles. The fourth-order valence-corrected chi connectivity index (χ4v) is 3.31. The number of Topliss-reactive ketones (excluding diaryl/α,β-unsaturated/α-hetero) is 1. The van der Waals surface area contributed by atoms with Crippen molar-refractivity contribution in [2.24, 2.45) is 0 Å². The normalized spacial score (nSPS) is 19.2. The van der Waals surface area contributed by atoms with Crippen LogP contribution in [0.3, 0.4) is 0 Å². The highest BCUT2D eigenvalue weighted by Crippen LogP contribution is 2.33. The fraction of sp³-hybridized carbons (Fsp3) is 0.200. The smallest absolute Gasteiger partial charge is 0.171 e. The third kappa shape index (κ3) is 3.78. The van der Waals surface area contributed by atoms with Crippen LogP contribution in [0.15, 0.2) is 54.1 Å². The summed E-state index contributed by atoms with van der Waals surface area (Å²) in [5, 5.41) is 9.43. The molecule has 1 atom stereocenters. The minimum Gasteiger partial charge on any atom is -0.508 e. The van der Waals surface area contributed by atoms with E-state index in [4.69, 9.17) is 12.2 Å². The lowest BCUT2D eigenvalue weighted by Crippen LogP contribution is -2.27. The van der Waals surface area contributed by atoms with E-state index in [1.54, 1.807) is 24.3 Å². The average Bonchev–Trinajstić information content (AvgIpc) is 2.52. The van der Waals surface area contributed by atoms with Gasteiger partial charge in [0.05, 0.1) is 5.92 Å². The molecule has 3 N–H and O–H groups in total. The zero-order valence-electron chi connectivity index (χ0n) is 13.5. The van der Waals surface area contributed by atoms with E-state index in [0.29, 0.717) is 6.42 Å². The fourth-order valence-electron chi connectivity index (χ4n) is 2.97. The van der Waals surface area contributed by atoms with E-state index < -0.39 is 0 Å². The lowest BCUT2D eigenvalue weighted by Gasteiger charge is -2.24. The number of carbonyl (C=O) groups is 1. The number of carbonyl (C=O) groups excluding carboxylic acids is 1. The number of hydrogen-bond donors (Lipinski definition) is 1. The first-order valence-corrected chi connectivity index (χ1v) is 8.08. The van der Waals surface area contributed by atoms with E-state index in [2.05, 4.69) is 6.07 Å². The Morgan fingerprint density at radius 2 is 1.83 bits per heavy atom. The van der Waals surface area contributed by atoms with E-state index in [1.165, 1.54) is 5.56 Å². The molecule has 2 aromatic rings. The van der Waals surface area contributed by atoms with Gasteiger partial charge >= 0.3 is 0 Å². The Morgan fingerprint density at radius 1 is 1.12 bits per heavy atom. The second-order valence-electron chi connectivity index (χ2n) is 5.94. The molecule has 24 heavy (non-hydrogen) atoms. The number of benzene rings is 2. The monoisotopic (exact) mass is 340 g/mol. The Morgan fingerprint density at radius 3 is 2.50 bits per heavy atom. The van der Waals surface area contributed by atoms with Gasteiger partial charge in [-0.15, -0.1) is 0 Å². The van der Waals surface area contributed by atoms with Gasteiger partial charge in [0, 0.05) is 4.86 Å². The van der Waals surface area contributed by atoms with Crippen molar-refractivity contribution in [1.82, 2.24) is 0 Å². The maximum atomic E-state index is 12.9. The van der Waals surface area contributed by atoms with Crippen LogP contribution in [0.25, 0.3) is 6.08 Å². The van der Waals surface area contributed by atoms with Gasteiger partial charge in [-0.3, -0.25) is 4.79 Å². The van der Waals surface area contributed by atoms with Gasteiger partial charge in [0.15, 0.2) is 5.78 Å². The van der Waals surface area contributed by atoms with Crippen molar-refractivity contribution in [2.45, 2.75) is 25.7 Å². The van der Waals surface area contributed by atoms with Crippen LogP contribution in [-0.2, 0) is 4.79 Å². The molecule has 124 valence electrons. The standard InChI is InChI=1S/C20H18O2S.H2O/c1-13-3-2-4-14(11-13)12-16-7-10-18(23)19(20(16)22)15-5-8-17(21)9-6-15;/h2-6,8-9,11-12,19,21H,7,10H2,1H3;1H2/b16-12+;. The van der Waals surface area contributed by atoms with Crippen LogP contribution in [0.4, 0.5) is 0 Å². The summed E-state index contributed by atoms with van der Waals surface area (Å²) >= 11 is 5.45. The molecule has 1 fully saturated rings. The maximum Gasteiger partial charge on any atom is 0.171 e. The molecule has 0 radical (unpaired) electrons. The van der Waals surface area contributed by atoms with E-state index >= 15 is 0 Å². The van der Waals surface area contributed by atoms with Crippen molar-refractivity contribution < 1.29 is 15.4 Å². The number of ketones is 1. The molecule has 0 saturated heterocycles. The predicted octanol–water partition coefficient (Wildman–Crippen LogP) is 3.78. The summed E-state index contributed by atoms with van der Waals surface area (Å²) < 4.78 is 0. The average molecular weight is 340 g/mol. The van der Waals surface area contributed by atoms with Crippen LogP contribution in [-0.4, -0.2) is 21.2 Å². The molecule has 0 aliphatic heterocycles. The second kappa shape index (κ2) is 7.51. The molecule has 0 aromatic heterocycles. The van der Waals surface area contributed by atoms with Gasteiger partial charge < -0.3 is 10.6 Å². The number of phenols is 1. The summed E-state index contributed by atoms with van der Waals surface area (Å²) in [6, 6.07) is 14.9. The van der Waals surface area contributed by atoms with Gasteiger partial charge in [0.2, 0.25) is 0 Å². The molecular weight excluding hydrogens is 320 g/mol. The highest BCUT2D eigenvalue weighted by atomic mass is 32.1. The number of rotatable bonds is 2. The lowest BCUT2D eigenvalue weighted by atomic mass is 9.79. The zero-order valence-corrected chi connectivity index (χ0v) is 14.3. The minimum atomic E-state index is -0.379. The predicted molar refractivity (Wildman–Crippen MR) is 100 cm³/mol. The SMILES string of the molecule is Cc1cccc(/C=C2\CCC(=S)C(c3ccc(O)cc3)C2=O)c1.O. The molecule has 1 unspecified atom stereocenters. The Hall–Kier alpha value is -2.30. The van der Waals surface area contributed by atoms with Gasteiger partial charge in [-0.25, -0.2) is 0 Å². The van der Waals surface area contributed by atoms with E-state index in [9.17, 15) is 9.90 Å². The highest BCUT2D eigenvalue weighted by Gasteiger charge is 2.31.